The van der Waals surface area contributed by atoms with Crippen LogP contribution in [-0.4, -0.2) is 35.2 Å². The summed E-state index contributed by atoms with van der Waals surface area (Å²) in [7, 11) is 0. The first-order valence-electron chi connectivity index (χ1n) is 6.85. The standard InChI is InChI=1S/C15H21NO3/c1-11(18)14-7-6-13(10-15(14)19)16-8-2-4-12(16)5-3-9-17/h6-7,10,12,17,19H,2-5,8-9H2,1H3. The minimum Gasteiger partial charge on any atom is -0.507 e. The predicted octanol–water partition coefficient (Wildman–Crippen LogP) is 2.34. The van der Waals surface area contributed by atoms with Crippen LogP contribution in [-0.2, 0) is 0 Å². The molecule has 0 bridgehead atoms. The number of phenolic OH excluding ortho intramolecular Hbond substituents is 1. The van der Waals surface area contributed by atoms with Crippen LogP contribution in [0.25, 0.3) is 0 Å². The van der Waals surface area contributed by atoms with Gasteiger partial charge in [0.1, 0.15) is 5.75 Å². The molecule has 0 saturated carbocycles. The number of benzene rings is 1. The van der Waals surface area contributed by atoms with Crippen LogP contribution in [0.4, 0.5) is 5.69 Å². The summed E-state index contributed by atoms with van der Waals surface area (Å²) in [5, 5.41) is 18.8. The van der Waals surface area contributed by atoms with Gasteiger partial charge in [0.2, 0.25) is 0 Å². The number of hydrogen-bond acceptors (Lipinski definition) is 4. The number of rotatable bonds is 5. The Labute approximate surface area is 113 Å². The topological polar surface area (TPSA) is 60.8 Å². The van der Waals surface area contributed by atoms with Gasteiger partial charge in [-0.2, -0.15) is 0 Å². The number of anilines is 1. The molecule has 4 nitrogen and oxygen atoms in total. The van der Waals surface area contributed by atoms with Gasteiger partial charge in [-0.1, -0.05) is 0 Å². The average molecular weight is 263 g/mol. The largest absolute Gasteiger partial charge is 0.507 e. The highest BCUT2D eigenvalue weighted by Gasteiger charge is 2.24. The highest BCUT2D eigenvalue weighted by Crippen LogP contribution is 2.31. The first kappa shape index (κ1) is 13.9. The number of phenols is 1. The van der Waals surface area contributed by atoms with Crippen molar-refractivity contribution in [2.45, 2.75) is 38.6 Å². The van der Waals surface area contributed by atoms with Gasteiger partial charge in [-0.05, 0) is 44.7 Å². The molecule has 1 fully saturated rings. The van der Waals surface area contributed by atoms with Gasteiger partial charge in [0.25, 0.3) is 0 Å². The molecule has 0 aromatic heterocycles. The Hall–Kier alpha value is -1.55. The molecule has 1 saturated heterocycles. The van der Waals surface area contributed by atoms with Crippen molar-refractivity contribution >= 4 is 11.5 Å². The fourth-order valence-electron chi connectivity index (χ4n) is 2.80. The van der Waals surface area contributed by atoms with Crippen LogP contribution in [0.5, 0.6) is 5.75 Å². The maximum Gasteiger partial charge on any atom is 0.163 e. The van der Waals surface area contributed by atoms with E-state index in [9.17, 15) is 9.90 Å². The monoisotopic (exact) mass is 263 g/mol. The molecule has 0 radical (unpaired) electrons. The molecule has 2 rings (SSSR count). The van der Waals surface area contributed by atoms with Gasteiger partial charge < -0.3 is 15.1 Å². The van der Waals surface area contributed by atoms with Crippen LogP contribution >= 0.6 is 0 Å². The van der Waals surface area contributed by atoms with Crippen molar-refractivity contribution in [3.05, 3.63) is 23.8 Å². The fourth-order valence-corrected chi connectivity index (χ4v) is 2.80. The van der Waals surface area contributed by atoms with E-state index < -0.39 is 0 Å². The molecule has 19 heavy (non-hydrogen) atoms. The second kappa shape index (κ2) is 6.06. The number of carbonyl (C=O) groups is 1. The average Bonchev–Trinajstić information content (AvgIpc) is 2.83. The minimum absolute atomic E-state index is 0.0535. The van der Waals surface area contributed by atoms with Crippen molar-refractivity contribution < 1.29 is 15.0 Å². The number of ketones is 1. The Kier molecular flexibility index (Phi) is 4.43. The fraction of sp³-hybridized carbons (Fsp3) is 0.533. The van der Waals surface area contributed by atoms with Gasteiger partial charge in [0.05, 0.1) is 5.56 Å². The van der Waals surface area contributed by atoms with Crippen LogP contribution in [0.2, 0.25) is 0 Å². The van der Waals surface area contributed by atoms with E-state index in [1.165, 1.54) is 6.92 Å². The van der Waals surface area contributed by atoms with Gasteiger partial charge in [0, 0.05) is 30.9 Å². The normalized spacial score (nSPS) is 18.8. The Morgan fingerprint density at radius 1 is 1.47 bits per heavy atom. The highest BCUT2D eigenvalue weighted by molar-refractivity contribution is 5.97. The summed E-state index contributed by atoms with van der Waals surface area (Å²) < 4.78 is 0. The zero-order valence-electron chi connectivity index (χ0n) is 11.3. The van der Waals surface area contributed by atoms with E-state index in [4.69, 9.17) is 5.11 Å². The summed E-state index contributed by atoms with van der Waals surface area (Å²) in [6.45, 7) is 2.64. The lowest BCUT2D eigenvalue weighted by Gasteiger charge is -2.27. The number of nitrogens with zero attached hydrogens (tertiary/aromatic N) is 1. The summed E-state index contributed by atoms with van der Waals surface area (Å²) >= 11 is 0. The van der Waals surface area contributed by atoms with Crippen LogP contribution in [0, 0.1) is 0 Å². The Bertz CT molecular complexity index is 459. The van der Waals surface area contributed by atoms with E-state index in [1.54, 1.807) is 12.1 Å². The zero-order valence-corrected chi connectivity index (χ0v) is 11.3. The minimum atomic E-state index is -0.123. The maximum atomic E-state index is 11.3. The third-order valence-electron chi connectivity index (χ3n) is 3.76. The summed E-state index contributed by atoms with van der Waals surface area (Å²) in [6, 6.07) is 5.69. The molecule has 0 amide bonds. The third kappa shape index (κ3) is 3.07. The van der Waals surface area contributed by atoms with Gasteiger partial charge in [-0.3, -0.25) is 4.79 Å². The molecule has 1 aromatic rings. The Balaban J connectivity index is 2.16. The van der Waals surface area contributed by atoms with Crippen LogP contribution in [0.15, 0.2) is 18.2 Å². The Morgan fingerprint density at radius 2 is 2.26 bits per heavy atom. The van der Waals surface area contributed by atoms with Crippen molar-refractivity contribution in [1.29, 1.82) is 0 Å². The second-order valence-electron chi connectivity index (χ2n) is 5.11. The molecule has 1 heterocycles. The molecule has 1 aliphatic rings. The lowest BCUT2D eigenvalue weighted by atomic mass is 10.1. The Morgan fingerprint density at radius 3 is 2.89 bits per heavy atom. The molecule has 2 N–H and O–H groups in total. The van der Waals surface area contributed by atoms with Gasteiger partial charge in [0.15, 0.2) is 5.78 Å². The van der Waals surface area contributed by atoms with E-state index in [-0.39, 0.29) is 18.1 Å². The lowest BCUT2D eigenvalue weighted by Crippen LogP contribution is -2.29. The quantitative estimate of drug-likeness (QED) is 0.800. The lowest BCUT2D eigenvalue weighted by molar-refractivity contribution is 0.101. The van der Waals surface area contributed by atoms with Gasteiger partial charge in [-0.25, -0.2) is 0 Å². The van der Waals surface area contributed by atoms with E-state index in [1.807, 2.05) is 6.07 Å². The molecule has 4 heteroatoms. The van der Waals surface area contributed by atoms with E-state index in [0.717, 1.165) is 37.9 Å². The molecule has 104 valence electrons. The van der Waals surface area contributed by atoms with E-state index in [2.05, 4.69) is 4.90 Å². The second-order valence-corrected chi connectivity index (χ2v) is 5.11. The summed E-state index contributed by atoms with van der Waals surface area (Å²) in [5.74, 6) is -0.0693. The smallest absolute Gasteiger partial charge is 0.163 e. The molecular formula is C15H21NO3. The molecule has 0 spiro atoms. The number of hydrogen-bond donors (Lipinski definition) is 2. The van der Waals surface area contributed by atoms with Crippen molar-refractivity contribution in [3.8, 4) is 5.75 Å². The summed E-state index contributed by atoms with van der Waals surface area (Å²) in [6.07, 6.45) is 4.02. The number of aromatic hydroxyl groups is 1. The number of aliphatic hydroxyl groups excluding tert-OH is 1. The van der Waals surface area contributed by atoms with E-state index >= 15 is 0 Å². The molecule has 1 atom stereocenters. The summed E-state index contributed by atoms with van der Waals surface area (Å²) in [5.41, 5.74) is 1.33. The summed E-state index contributed by atoms with van der Waals surface area (Å²) in [4.78, 5) is 13.6. The predicted molar refractivity (Wildman–Crippen MR) is 74.8 cm³/mol. The molecular weight excluding hydrogens is 242 g/mol. The molecule has 1 aliphatic heterocycles. The van der Waals surface area contributed by atoms with Crippen LogP contribution < -0.4 is 4.90 Å². The number of aliphatic hydroxyl groups is 1. The zero-order chi connectivity index (χ0) is 13.8. The molecule has 0 aliphatic carbocycles. The van der Waals surface area contributed by atoms with E-state index in [0.29, 0.717) is 11.6 Å². The van der Waals surface area contributed by atoms with Crippen LogP contribution in [0.1, 0.15) is 43.0 Å². The number of carbonyl (C=O) groups excluding carboxylic acids is 1. The van der Waals surface area contributed by atoms with Crippen molar-refractivity contribution in [3.63, 3.8) is 0 Å². The highest BCUT2D eigenvalue weighted by atomic mass is 16.3. The van der Waals surface area contributed by atoms with Crippen molar-refractivity contribution in [1.82, 2.24) is 0 Å². The number of Topliss-reactive ketones (excluding diaryl/α,β-unsaturated/α-hetero) is 1. The maximum absolute atomic E-state index is 11.3. The van der Waals surface area contributed by atoms with Crippen LogP contribution in [0.3, 0.4) is 0 Å². The molecule has 1 aromatic carbocycles. The SMILES string of the molecule is CC(=O)c1ccc(N2CCCC2CCCO)cc1O. The van der Waals surface area contributed by atoms with Crippen molar-refractivity contribution in [2.24, 2.45) is 0 Å². The molecule has 1 unspecified atom stereocenters. The first-order valence-corrected chi connectivity index (χ1v) is 6.85. The van der Waals surface area contributed by atoms with Gasteiger partial charge >= 0.3 is 0 Å². The van der Waals surface area contributed by atoms with Gasteiger partial charge in [-0.15, -0.1) is 0 Å². The first-order chi connectivity index (χ1) is 9.13. The third-order valence-corrected chi connectivity index (χ3v) is 3.76. The van der Waals surface area contributed by atoms with Crippen molar-refractivity contribution in [2.75, 3.05) is 18.1 Å².